The number of aromatic nitrogens is 3. The molecule has 7 nitrogen and oxygen atoms in total. The van der Waals surface area contributed by atoms with Gasteiger partial charge in [0.25, 0.3) is 0 Å². The van der Waals surface area contributed by atoms with Gasteiger partial charge in [0, 0.05) is 29.2 Å². The number of rotatable bonds is 6. The Hall–Kier alpha value is -4.26. The molecule has 5 rings (SSSR count). The van der Waals surface area contributed by atoms with Gasteiger partial charge in [0.05, 0.1) is 5.69 Å². The number of H-pyrrole nitrogens is 1. The molecule has 4 aromatic rings. The van der Waals surface area contributed by atoms with E-state index in [1.165, 1.54) is 0 Å². The molecule has 1 aliphatic rings. The highest BCUT2D eigenvalue weighted by Gasteiger charge is 2.26. The molecule has 1 aliphatic heterocycles. The lowest BCUT2D eigenvalue weighted by molar-refractivity contribution is -0.121. The SMILES string of the molecule is O=C(CCC1Cc2ccccc2NC1=O)Nc1ccccc1-c1nc(-c2ccccc2)n[nH]1. The Bertz CT molecular complexity index is 1300. The standard InChI is InChI=1S/C26H23N5O2/c32-23(15-14-19-16-18-10-4-6-12-21(18)28-26(19)33)27-22-13-7-5-11-20(22)25-29-24(30-31-25)17-8-2-1-3-9-17/h1-13,19H,14-16H2,(H,27,32)(H,28,33)(H,29,30,31). The Morgan fingerprint density at radius 2 is 1.73 bits per heavy atom. The molecule has 164 valence electrons. The van der Waals surface area contributed by atoms with Gasteiger partial charge in [0.15, 0.2) is 11.6 Å². The van der Waals surface area contributed by atoms with Crippen LogP contribution in [0.25, 0.3) is 22.8 Å². The predicted octanol–water partition coefficient (Wildman–Crippen LogP) is 4.67. The highest BCUT2D eigenvalue weighted by Crippen LogP contribution is 2.29. The lowest BCUT2D eigenvalue weighted by atomic mass is 9.89. The summed E-state index contributed by atoms with van der Waals surface area (Å²) >= 11 is 0. The number of benzene rings is 3. The third-order valence-corrected chi connectivity index (χ3v) is 5.81. The minimum Gasteiger partial charge on any atom is -0.326 e. The van der Waals surface area contributed by atoms with E-state index in [1.807, 2.05) is 78.9 Å². The van der Waals surface area contributed by atoms with Crippen LogP contribution in [0.15, 0.2) is 78.9 Å². The topological polar surface area (TPSA) is 99.8 Å². The van der Waals surface area contributed by atoms with Gasteiger partial charge in [-0.1, -0.05) is 60.7 Å². The number of fused-ring (bicyclic) bond motifs is 1. The summed E-state index contributed by atoms with van der Waals surface area (Å²) in [5.74, 6) is 0.779. The van der Waals surface area contributed by atoms with Crippen LogP contribution < -0.4 is 10.6 Å². The fourth-order valence-electron chi connectivity index (χ4n) is 4.06. The van der Waals surface area contributed by atoms with Crippen molar-refractivity contribution in [3.63, 3.8) is 0 Å². The first-order chi connectivity index (χ1) is 16.2. The summed E-state index contributed by atoms with van der Waals surface area (Å²) < 4.78 is 0. The lowest BCUT2D eigenvalue weighted by Gasteiger charge is -2.24. The Labute approximate surface area is 191 Å². The Morgan fingerprint density at radius 1 is 0.970 bits per heavy atom. The second-order valence-corrected chi connectivity index (χ2v) is 8.05. The third kappa shape index (κ3) is 4.52. The maximum absolute atomic E-state index is 12.7. The van der Waals surface area contributed by atoms with Crippen molar-refractivity contribution in [3.05, 3.63) is 84.4 Å². The fourth-order valence-corrected chi connectivity index (χ4v) is 4.06. The lowest BCUT2D eigenvalue weighted by Crippen LogP contribution is -2.30. The van der Waals surface area contributed by atoms with Crippen LogP contribution in [-0.4, -0.2) is 27.0 Å². The summed E-state index contributed by atoms with van der Waals surface area (Å²) in [5.41, 5.74) is 4.28. The number of para-hydroxylation sites is 2. The molecule has 2 amide bonds. The summed E-state index contributed by atoms with van der Waals surface area (Å²) in [7, 11) is 0. The van der Waals surface area contributed by atoms with Gasteiger partial charge in [-0.25, -0.2) is 4.98 Å². The summed E-state index contributed by atoms with van der Waals surface area (Å²) in [5, 5.41) is 13.2. The second-order valence-electron chi connectivity index (χ2n) is 8.05. The first-order valence-electron chi connectivity index (χ1n) is 10.9. The van der Waals surface area contributed by atoms with E-state index in [0.29, 0.717) is 30.2 Å². The van der Waals surface area contributed by atoms with E-state index >= 15 is 0 Å². The molecular formula is C26H23N5O2. The number of carbonyl (C=O) groups is 2. The predicted molar refractivity (Wildman–Crippen MR) is 127 cm³/mol. The van der Waals surface area contributed by atoms with Crippen molar-refractivity contribution in [3.8, 4) is 22.8 Å². The molecule has 1 aromatic heterocycles. The van der Waals surface area contributed by atoms with E-state index in [2.05, 4.69) is 25.8 Å². The molecule has 3 N–H and O–H groups in total. The molecular weight excluding hydrogens is 414 g/mol. The highest BCUT2D eigenvalue weighted by atomic mass is 16.2. The first kappa shape index (κ1) is 20.6. The second kappa shape index (κ2) is 9.08. The molecule has 1 unspecified atom stereocenters. The average Bonchev–Trinajstić information content (AvgIpc) is 3.34. The van der Waals surface area contributed by atoms with Gasteiger partial charge in [-0.2, -0.15) is 5.10 Å². The van der Waals surface area contributed by atoms with Crippen LogP contribution in [-0.2, 0) is 16.0 Å². The zero-order valence-corrected chi connectivity index (χ0v) is 17.9. The Balaban J connectivity index is 1.26. The number of anilines is 2. The third-order valence-electron chi connectivity index (χ3n) is 5.81. The van der Waals surface area contributed by atoms with Crippen molar-refractivity contribution in [2.75, 3.05) is 10.6 Å². The van der Waals surface area contributed by atoms with Gasteiger partial charge in [0.1, 0.15) is 0 Å². The first-order valence-corrected chi connectivity index (χ1v) is 10.9. The van der Waals surface area contributed by atoms with E-state index in [1.54, 1.807) is 0 Å². The van der Waals surface area contributed by atoms with Crippen molar-refractivity contribution in [2.45, 2.75) is 19.3 Å². The number of carbonyl (C=O) groups excluding carboxylic acids is 2. The number of hydrogen-bond acceptors (Lipinski definition) is 4. The normalized spacial score (nSPS) is 14.9. The summed E-state index contributed by atoms with van der Waals surface area (Å²) in [6.07, 6.45) is 1.38. The Kier molecular flexibility index (Phi) is 5.68. The number of hydrogen-bond donors (Lipinski definition) is 3. The van der Waals surface area contributed by atoms with Crippen molar-refractivity contribution in [2.24, 2.45) is 5.92 Å². The Morgan fingerprint density at radius 3 is 2.61 bits per heavy atom. The summed E-state index contributed by atoms with van der Waals surface area (Å²) in [6, 6.07) is 25.0. The number of nitrogens with one attached hydrogen (secondary N) is 3. The van der Waals surface area contributed by atoms with E-state index in [0.717, 1.165) is 22.4 Å². The average molecular weight is 438 g/mol. The van der Waals surface area contributed by atoms with E-state index in [-0.39, 0.29) is 24.2 Å². The van der Waals surface area contributed by atoms with Crippen LogP contribution in [0.4, 0.5) is 11.4 Å². The number of nitrogens with zero attached hydrogens (tertiary/aromatic N) is 2. The molecule has 0 aliphatic carbocycles. The van der Waals surface area contributed by atoms with E-state index in [4.69, 9.17) is 0 Å². The minimum absolute atomic E-state index is 0.0306. The van der Waals surface area contributed by atoms with Gasteiger partial charge < -0.3 is 10.6 Å². The monoisotopic (exact) mass is 437 g/mol. The largest absolute Gasteiger partial charge is 0.326 e. The van der Waals surface area contributed by atoms with Gasteiger partial charge in [0.2, 0.25) is 11.8 Å². The van der Waals surface area contributed by atoms with Gasteiger partial charge >= 0.3 is 0 Å². The maximum Gasteiger partial charge on any atom is 0.227 e. The molecule has 7 heteroatoms. The van der Waals surface area contributed by atoms with E-state index in [9.17, 15) is 9.59 Å². The summed E-state index contributed by atoms with van der Waals surface area (Å²) in [6.45, 7) is 0. The molecule has 0 saturated heterocycles. The van der Waals surface area contributed by atoms with Gasteiger partial charge in [-0.05, 0) is 36.6 Å². The molecule has 3 aromatic carbocycles. The van der Waals surface area contributed by atoms with Crippen LogP contribution in [0.5, 0.6) is 0 Å². The maximum atomic E-state index is 12.7. The smallest absolute Gasteiger partial charge is 0.227 e. The minimum atomic E-state index is -0.219. The van der Waals surface area contributed by atoms with Crippen molar-refractivity contribution >= 4 is 23.2 Å². The van der Waals surface area contributed by atoms with E-state index < -0.39 is 0 Å². The highest BCUT2D eigenvalue weighted by molar-refractivity contribution is 5.97. The quantitative estimate of drug-likeness (QED) is 0.408. The molecule has 33 heavy (non-hydrogen) atoms. The molecule has 2 heterocycles. The molecule has 0 bridgehead atoms. The molecule has 1 atom stereocenters. The van der Waals surface area contributed by atoms with Crippen LogP contribution in [0.1, 0.15) is 18.4 Å². The molecule has 0 fully saturated rings. The van der Waals surface area contributed by atoms with Gasteiger partial charge in [-0.3, -0.25) is 14.7 Å². The van der Waals surface area contributed by atoms with Crippen LogP contribution in [0, 0.1) is 5.92 Å². The molecule has 0 saturated carbocycles. The summed E-state index contributed by atoms with van der Waals surface area (Å²) in [4.78, 5) is 29.8. The zero-order valence-electron chi connectivity index (χ0n) is 17.9. The van der Waals surface area contributed by atoms with Crippen molar-refractivity contribution < 1.29 is 9.59 Å². The fraction of sp³-hybridized carbons (Fsp3) is 0.154. The van der Waals surface area contributed by atoms with Crippen molar-refractivity contribution in [1.82, 2.24) is 15.2 Å². The number of amides is 2. The zero-order chi connectivity index (χ0) is 22.6. The van der Waals surface area contributed by atoms with Crippen molar-refractivity contribution in [1.29, 1.82) is 0 Å². The van der Waals surface area contributed by atoms with Gasteiger partial charge in [-0.15, -0.1) is 0 Å². The number of aromatic amines is 1. The van der Waals surface area contributed by atoms with Crippen LogP contribution >= 0.6 is 0 Å². The molecule has 0 radical (unpaired) electrons. The van der Waals surface area contributed by atoms with Crippen LogP contribution in [0.2, 0.25) is 0 Å². The van der Waals surface area contributed by atoms with Crippen LogP contribution in [0.3, 0.4) is 0 Å². The molecule has 0 spiro atoms.